The number of benzene rings is 1. The molecule has 1 N–H and O–H groups in total. The van der Waals surface area contributed by atoms with E-state index in [2.05, 4.69) is 0 Å². The molecule has 2 rings (SSSR count). The largest absolute Gasteiger partial charge is 0.478 e. The summed E-state index contributed by atoms with van der Waals surface area (Å²) in [5, 5.41) is 8.75. The van der Waals surface area contributed by atoms with E-state index in [9.17, 15) is 13.2 Å². The maximum absolute atomic E-state index is 12.0. The van der Waals surface area contributed by atoms with E-state index in [1.165, 1.54) is 30.5 Å². The van der Waals surface area contributed by atoms with Crippen LogP contribution in [-0.2, 0) is 16.3 Å². The summed E-state index contributed by atoms with van der Waals surface area (Å²) < 4.78 is 29.1. The molecule has 0 bridgehead atoms. The second-order valence-corrected chi connectivity index (χ2v) is 6.09. The van der Waals surface area contributed by atoms with Gasteiger partial charge in [0.2, 0.25) is 0 Å². The van der Waals surface area contributed by atoms with E-state index in [0.717, 1.165) is 0 Å². The summed E-state index contributed by atoms with van der Waals surface area (Å²) in [7, 11) is -3.43. The Bertz CT molecular complexity index is 654. The first-order chi connectivity index (χ1) is 8.99. The third kappa shape index (κ3) is 3.23. The average molecular weight is 280 g/mol. The van der Waals surface area contributed by atoms with E-state index in [0.29, 0.717) is 5.76 Å². The number of rotatable bonds is 5. The number of sulfone groups is 1. The lowest BCUT2D eigenvalue weighted by molar-refractivity contribution is 0.0696. The fourth-order valence-electron chi connectivity index (χ4n) is 1.61. The molecule has 0 fully saturated rings. The van der Waals surface area contributed by atoms with Crippen molar-refractivity contribution in [2.24, 2.45) is 0 Å². The Morgan fingerprint density at radius 1 is 1.16 bits per heavy atom. The zero-order valence-corrected chi connectivity index (χ0v) is 10.8. The predicted octanol–water partition coefficient (Wildman–Crippen LogP) is 1.99. The molecule has 1 aromatic carbocycles. The Labute approximate surface area is 110 Å². The van der Waals surface area contributed by atoms with Gasteiger partial charge in [0.25, 0.3) is 0 Å². The molecule has 2 aromatic rings. The summed E-state index contributed by atoms with van der Waals surface area (Å²) in [6.07, 6.45) is 1.78. The molecule has 0 aliphatic carbocycles. The van der Waals surface area contributed by atoms with Gasteiger partial charge in [-0.1, -0.05) is 0 Å². The number of hydrogen-bond donors (Lipinski definition) is 1. The summed E-state index contributed by atoms with van der Waals surface area (Å²) in [4.78, 5) is 10.8. The average Bonchev–Trinajstić information content (AvgIpc) is 2.90. The van der Waals surface area contributed by atoms with E-state index in [1.54, 1.807) is 12.1 Å². The molecule has 0 atom stereocenters. The number of hydrogen-bond acceptors (Lipinski definition) is 4. The maximum atomic E-state index is 12.0. The molecular formula is C13H12O5S. The van der Waals surface area contributed by atoms with Gasteiger partial charge in [0, 0.05) is 6.42 Å². The van der Waals surface area contributed by atoms with Crippen LogP contribution >= 0.6 is 0 Å². The van der Waals surface area contributed by atoms with Crippen LogP contribution < -0.4 is 0 Å². The van der Waals surface area contributed by atoms with E-state index >= 15 is 0 Å². The van der Waals surface area contributed by atoms with Gasteiger partial charge in [-0.3, -0.25) is 0 Å². The van der Waals surface area contributed by atoms with Gasteiger partial charge in [-0.05, 0) is 36.4 Å². The van der Waals surface area contributed by atoms with Crippen LogP contribution in [0.3, 0.4) is 0 Å². The lowest BCUT2D eigenvalue weighted by Gasteiger charge is -2.03. The summed E-state index contributed by atoms with van der Waals surface area (Å²) in [6, 6.07) is 8.58. The summed E-state index contributed by atoms with van der Waals surface area (Å²) in [5.41, 5.74) is 0.0602. The van der Waals surface area contributed by atoms with Crippen molar-refractivity contribution >= 4 is 15.8 Å². The van der Waals surface area contributed by atoms with Gasteiger partial charge in [-0.25, -0.2) is 13.2 Å². The van der Waals surface area contributed by atoms with Crippen LogP contribution in [0.1, 0.15) is 16.1 Å². The molecule has 0 amide bonds. The third-order valence-electron chi connectivity index (χ3n) is 2.66. The van der Waals surface area contributed by atoms with Gasteiger partial charge in [-0.2, -0.15) is 0 Å². The van der Waals surface area contributed by atoms with Crippen LogP contribution in [0.5, 0.6) is 0 Å². The smallest absolute Gasteiger partial charge is 0.335 e. The van der Waals surface area contributed by atoms with E-state index in [4.69, 9.17) is 9.52 Å². The molecule has 0 saturated carbocycles. The van der Waals surface area contributed by atoms with Gasteiger partial charge in [0.1, 0.15) is 5.76 Å². The molecule has 19 heavy (non-hydrogen) atoms. The quantitative estimate of drug-likeness (QED) is 0.905. The third-order valence-corrected chi connectivity index (χ3v) is 4.39. The Hall–Kier alpha value is -2.08. The van der Waals surface area contributed by atoms with Crippen LogP contribution in [0.15, 0.2) is 52.0 Å². The molecule has 100 valence electrons. The highest BCUT2D eigenvalue weighted by molar-refractivity contribution is 7.91. The van der Waals surface area contributed by atoms with Crippen molar-refractivity contribution < 1.29 is 22.7 Å². The minimum absolute atomic E-state index is 0.0602. The Morgan fingerprint density at radius 2 is 1.84 bits per heavy atom. The highest BCUT2D eigenvalue weighted by atomic mass is 32.2. The van der Waals surface area contributed by atoms with E-state index in [-0.39, 0.29) is 22.6 Å². The van der Waals surface area contributed by atoms with Gasteiger partial charge in [-0.15, -0.1) is 0 Å². The van der Waals surface area contributed by atoms with Gasteiger partial charge in [0.15, 0.2) is 9.84 Å². The van der Waals surface area contributed by atoms with Crippen LogP contribution in [0.25, 0.3) is 0 Å². The zero-order chi connectivity index (χ0) is 13.9. The zero-order valence-electron chi connectivity index (χ0n) is 9.94. The standard InChI is InChI=1S/C13H12O5S/c14-13(15)10-3-5-12(6-4-10)19(16,17)9-7-11-2-1-8-18-11/h1-6,8H,7,9H2,(H,14,15). The number of carboxylic acid groups (broad SMARTS) is 1. The first kappa shape index (κ1) is 13.4. The number of carboxylic acids is 1. The first-order valence-corrected chi connectivity index (χ1v) is 7.23. The van der Waals surface area contributed by atoms with Crippen molar-refractivity contribution in [3.8, 4) is 0 Å². The topological polar surface area (TPSA) is 84.6 Å². The van der Waals surface area contributed by atoms with Crippen molar-refractivity contribution in [1.29, 1.82) is 0 Å². The first-order valence-electron chi connectivity index (χ1n) is 5.57. The monoisotopic (exact) mass is 280 g/mol. The maximum Gasteiger partial charge on any atom is 0.335 e. The van der Waals surface area contributed by atoms with Crippen LogP contribution in [0.4, 0.5) is 0 Å². The Morgan fingerprint density at radius 3 is 2.37 bits per heavy atom. The van der Waals surface area contributed by atoms with Crippen LogP contribution in [-0.4, -0.2) is 25.2 Å². The van der Waals surface area contributed by atoms with Crippen molar-refractivity contribution in [3.05, 3.63) is 54.0 Å². The highest BCUT2D eigenvalue weighted by Gasteiger charge is 2.15. The molecule has 5 nitrogen and oxygen atoms in total. The fraction of sp³-hybridized carbons (Fsp3) is 0.154. The molecule has 0 saturated heterocycles. The van der Waals surface area contributed by atoms with E-state index in [1.807, 2.05) is 0 Å². The van der Waals surface area contributed by atoms with Crippen molar-refractivity contribution in [3.63, 3.8) is 0 Å². The molecule has 1 aromatic heterocycles. The summed E-state index contributed by atoms with van der Waals surface area (Å²) in [6.45, 7) is 0. The molecule has 0 spiro atoms. The van der Waals surface area contributed by atoms with Crippen LogP contribution in [0, 0.1) is 0 Å². The molecule has 0 radical (unpaired) electrons. The lowest BCUT2D eigenvalue weighted by Crippen LogP contribution is -2.09. The lowest BCUT2D eigenvalue weighted by atomic mass is 10.2. The molecule has 0 aliphatic rings. The molecule has 6 heteroatoms. The molecular weight excluding hydrogens is 268 g/mol. The van der Waals surface area contributed by atoms with Crippen molar-refractivity contribution in [2.45, 2.75) is 11.3 Å². The van der Waals surface area contributed by atoms with Gasteiger partial charge >= 0.3 is 5.97 Å². The SMILES string of the molecule is O=C(O)c1ccc(S(=O)(=O)CCc2ccco2)cc1. The van der Waals surface area contributed by atoms with Crippen molar-refractivity contribution in [2.75, 3.05) is 5.75 Å². The normalized spacial score (nSPS) is 11.4. The summed E-state index contributed by atoms with van der Waals surface area (Å²) in [5.74, 6) is -0.558. The number of aryl methyl sites for hydroxylation is 1. The Balaban J connectivity index is 2.13. The molecule has 0 aliphatic heterocycles. The minimum Gasteiger partial charge on any atom is -0.478 e. The molecule has 0 unspecified atom stereocenters. The fourth-order valence-corrected chi connectivity index (χ4v) is 2.87. The van der Waals surface area contributed by atoms with Gasteiger partial charge < -0.3 is 9.52 Å². The predicted molar refractivity (Wildman–Crippen MR) is 67.9 cm³/mol. The molecule has 1 heterocycles. The van der Waals surface area contributed by atoms with Crippen LogP contribution in [0.2, 0.25) is 0 Å². The number of aromatic carboxylic acids is 1. The second kappa shape index (κ2) is 5.27. The Kier molecular flexibility index (Phi) is 3.71. The number of furan rings is 1. The second-order valence-electron chi connectivity index (χ2n) is 3.98. The summed E-state index contributed by atoms with van der Waals surface area (Å²) >= 11 is 0. The number of carbonyl (C=O) groups is 1. The van der Waals surface area contributed by atoms with Gasteiger partial charge in [0.05, 0.1) is 22.5 Å². The van der Waals surface area contributed by atoms with Crippen molar-refractivity contribution in [1.82, 2.24) is 0 Å². The highest BCUT2D eigenvalue weighted by Crippen LogP contribution is 2.14. The minimum atomic E-state index is -3.43. The van der Waals surface area contributed by atoms with E-state index < -0.39 is 15.8 Å².